The summed E-state index contributed by atoms with van der Waals surface area (Å²) in [5.74, 6) is -1.21. The first kappa shape index (κ1) is 15.5. The van der Waals surface area contributed by atoms with Crippen LogP contribution in [0, 0.1) is 0 Å². The molecule has 0 aromatic rings. The van der Waals surface area contributed by atoms with Crippen LogP contribution in [0.4, 0.5) is 0 Å². The predicted molar refractivity (Wildman–Crippen MR) is 69.5 cm³/mol. The number of hydrogen-bond acceptors (Lipinski definition) is 3. The first-order valence-electron chi connectivity index (χ1n) is 6.77. The zero-order valence-electron chi connectivity index (χ0n) is 11.5. The molecule has 6 heteroatoms. The number of piperidine rings is 1. The van der Waals surface area contributed by atoms with Gasteiger partial charge in [-0.2, -0.15) is 0 Å². The fourth-order valence-corrected chi connectivity index (χ4v) is 2.36. The van der Waals surface area contributed by atoms with E-state index < -0.39 is 18.1 Å². The summed E-state index contributed by atoms with van der Waals surface area (Å²) in [6.45, 7) is 4.04. The number of aliphatic carboxylic acids is 1. The van der Waals surface area contributed by atoms with Gasteiger partial charge in [0, 0.05) is 19.0 Å². The lowest BCUT2D eigenvalue weighted by atomic mass is 10.0. The smallest absolute Gasteiger partial charge is 0.305 e. The molecule has 108 valence electrons. The van der Waals surface area contributed by atoms with Crippen molar-refractivity contribution in [1.82, 2.24) is 10.2 Å². The number of carbonyl (C=O) groups is 3. The Bertz CT molecular complexity index is 357. The first-order valence-corrected chi connectivity index (χ1v) is 6.77. The molecule has 0 saturated carbocycles. The maximum atomic E-state index is 12.1. The lowest BCUT2D eigenvalue weighted by Crippen LogP contribution is -2.53. The van der Waals surface area contributed by atoms with Crippen molar-refractivity contribution >= 4 is 17.8 Å². The predicted octanol–water partition coefficient (Wildman–Crippen LogP) is 0.757. The van der Waals surface area contributed by atoms with Gasteiger partial charge >= 0.3 is 5.97 Å². The van der Waals surface area contributed by atoms with Crippen LogP contribution in [0.1, 0.15) is 46.0 Å². The van der Waals surface area contributed by atoms with Crippen LogP contribution in [0.2, 0.25) is 0 Å². The summed E-state index contributed by atoms with van der Waals surface area (Å²) >= 11 is 0. The van der Waals surface area contributed by atoms with E-state index in [4.69, 9.17) is 5.11 Å². The van der Waals surface area contributed by atoms with E-state index >= 15 is 0 Å². The Morgan fingerprint density at radius 2 is 2.05 bits per heavy atom. The zero-order chi connectivity index (χ0) is 14.4. The van der Waals surface area contributed by atoms with Crippen molar-refractivity contribution in [3.8, 4) is 0 Å². The van der Waals surface area contributed by atoms with E-state index in [0.717, 1.165) is 12.8 Å². The SMILES string of the molecule is CCC(=O)N1CCCCC1C(=O)NC(C)CC(=O)O. The van der Waals surface area contributed by atoms with Gasteiger partial charge < -0.3 is 15.3 Å². The second kappa shape index (κ2) is 7.11. The number of rotatable bonds is 5. The lowest BCUT2D eigenvalue weighted by Gasteiger charge is -2.35. The molecule has 1 saturated heterocycles. The fraction of sp³-hybridized carbons (Fsp3) is 0.769. The number of nitrogens with zero attached hydrogens (tertiary/aromatic N) is 1. The van der Waals surface area contributed by atoms with Crippen LogP contribution in [0.15, 0.2) is 0 Å². The van der Waals surface area contributed by atoms with Crippen molar-refractivity contribution in [2.75, 3.05) is 6.54 Å². The Hall–Kier alpha value is -1.59. The van der Waals surface area contributed by atoms with Crippen molar-refractivity contribution < 1.29 is 19.5 Å². The normalized spacial score (nSPS) is 20.7. The van der Waals surface area contributed by atoms with E-state index in [9.17, 15) is 14.4 Å². The van der Waals surface area contributed by atoms with Crippen LogP contribution >= 0.6 is 0 Å². The van der Waals surface area contributed by atoms with Gasteiger partial charge in [0.25, 0.3) is 0 Å². The average Bonchev–Trinajstić information content (AvgIpc) is 2.36. The minimum Gasteiger partial charge on any atom is -0.481 e. The molecule has 1 heterocycles. The van der Waals surface area contributed by atoms with E-state index in [2.05, 4.69) is 5.32 Å². The number of carbonyl (C=O) groups excluding carboxylic acids is 2. The van der Waals surface area contributed by atoms with E-state index in [0.29, 0.717) is 19.4 Å². The molecule has 0 bridgehead atoms. The van der Waals surface area contributed by atoms with Crippen LogP contribution in [0.5, 0.6) is 0 Å². The standard InChI is InChI=1S/C13H22N2O4/c1-3-11(16)15-7-5-4-6-10(15)13(19)14-9(2)8-12(17)18/h9-10H,3-8H2,1-2H3,(H,14,19)(H,17,18). The summed E-state index contributed by atoms with van der Waals surface area (Å²) in [5, 5.41) is 11.3. The second-order valence-corrected chi connectivity index (χ2v) is 4.96. The molecule has 1 fully saturated rings. The summed E-state index contributed by atoms with van der Waals surface area (Å²) in [7, 11) is 0. The third-order valence-corrected chi connectivity index (χ3v) is 3.30. The minimum atomic E-state index is -0.946. The highest BCUT2D eigenvalue weighted by atomic mass is 16.4. The largest absolute Gasteiger partial charge is 0.481 e. The Balaban J connectivity index is 2.61. The molecule has 6 nitrogen and oxygen atoms in total. The average molecular weight is 270 g/mol. The number of likely N-dealkylation sites (tertiary alicyclic amines) is 1. The van der Waals surface area contributed by atoms with Crippen LogP contribution in [0.3, 0.4) is 0 Å². The molecule has 0 aromatic carbocycles. The molecule has 2 N–H and O–H groups in total. The molecule has 0 spiro atoms. The quantitative estimate of drug-likeness (QED) is 0.772. The van der Waals surface area contributed by atoms with Crippen molar-refractivity contribution in [3.63, 3.8) is 0 Å². The van der Waals surface area contributed by atoms with Crippen LogP contribution in [-0.4, -0.2) is 46.4 Å². The number of amides is 2. The Morgan fingerprint density at radius 1 is 1.37 bits per heavy atom. The molecule has 0 aromatic heterocycles. The van der Waals surface area contributed by atoms with Gasteiger partial charge in [0.1, 0.15) is 6.04 Å². The summed E-state index contributed by atoms with van der Waals surface area (Å²) in [5.41, 5.74) is 0. The van der Waals surface area contributed by atoms with Crippen LogP contribution in [-0.2, 0) is 14.4 Å². The molecule has 0 aliphatic carbocycles. The van der Waals surface area contributed by atoms with Crippen molar-refractivity contribution in [2.24, 2.45) is 0 Å². The highest BCUT2D eigenvalue weighted by molar-refractivity contribution is 5.88. The second-order valence-electron chi connectivity index (χ2n) is 4.96. The highest BCUT2D eigenvalue weighted by Crippen LogP contribution is 2.18. The van der Waals surface area contributed by atoms with Crippen molar-refractivity contribution in [1.29, 1.82) is 0 Å². The molecule has 0 radical (unpaired) electrons. The Kier molecular flexibility index (Phi) is 5.79. The lowest BCUT2D eigenvalue weighted by molar-refractivity contribution is -0.143. The van der Waals surface area contributed by atoms with Gasteiger partial charge in [-0.3, -0.25) is 14.4 Å². The Morgan fingerprint density at radius 3 is 2.63 bits per heavy atom. The molecule has 2 unspecified atom stereocenters. The maximum Gasteiger partial charge on any atom is 0.305 e. The summed E-state index contributed by atoms with van der Waals surface area (Å²) in [6, 6.07) is -0.872. The molecule has 19 heavy (non-hydrogen) atoms. The third-order valence-electron chi connectivity index (χ3n) is 3.30. The Labute approximate surface area is 113 Å². The maximum absolute atomic E-state index is 12.1. The number of hydrogen-bond donors (Lipinski definition) is 2. The van der Waals surface area contributed by atoms with Gasteiger partial charge in [0.2, 0.25) is 11.8 Å². The highest BCUT2D eigenvalue weighted by Gasteiger charge is 2.31. The number of nitrogens with one attached hydrogen (secondary N) is 1. The molecular formula is C13H22N2O4. The van der Waals surface area contributed by atoms with Gasteiger partial charge in [-0.15, -0.1) is 0 Å². The fourth-order valence-electron chi connectivity index (χ4n) is 2.36. The molecular weight excluding hydrogens is 248 g/mol. The van der Waals surface area contributed by atoms with Crippen LogP contribution in [0.25, 0.3) is 0 Å². The van der Waals surface area contributed by atoms with Gasteiger partial charge in [0.05, 0.1) is 6.42 Å². The van der Waals surface area contributed by atoms with Gasteiger partial charge in [-0.25, -0.2) is 0 Å². The van der Waals surface area contributed by atoms with Crippen molar-refractivity contribution in [2.45, 2.75) is 58.0 Å². The van der Waals surface area contributed by atoms with E-state index in [-0.39, 0.29) is 18.2 Å². The molecule has 1 rings (SSSR count). The monoisotopic (exact) mass is 270 g/mol. The van der Waals surface area contributed by atoms with Gasteiger partial charge in [0.15, 0.2) is 0 Å². The van der Waals surface area contributed by atoms with Crippen LogP contribution < -0.4 is 5.32 Å². The van der Waals surface area contributed by atoms with Gasteiger partial charge in [-0.1, -0.05) is 6.92 Å². The zero-order valence-corrected chi connectivity index (χ0v) is 11.5. The summed E-state index contributed by atoms with van der Waals surface area (Å²) in [6.07, 6.45) is 2.76. The first-order chi connectivity index (χ1) is 8.95. The third kappa shape index (κ3) is 4.54. The number of carboxylic acid groups (broad SMARTS) is 1. The van der Waals surface area contributed by atoms with Gasteiger partial charge in [-0.05, 0) is 26.2 Å². The molecule has 1 aliphatic heterocycles. The molecule has 1 aliphatic rings. The topological polar surface area (TPSA) is 86.7 Å². The number of carboxylic acids is 1. The summed E-state index contributed by atoms with van der Waals surface area (Å²) in [4.78, 5) is 36.1. The van der Waals surface area contributed by atoms with E-state index in [1.807, 2.05) is 0 Å². The minimum absolute atomic E-state index is 0.0225. The van der Waals surface area contributed by atoms with Crippen molar-refractivity contribution in [3.05, 3.63) is 0 Å². The summed E-state index contributed by atoms with van der Waals surface area (Å²) < 4.78 is 0. The van der Waals surface area contributed by atoms with E-state index in [1.165, 1.54) is 0 Å². The van der Waals surface area contributed by atoms with E-state index in [1.54, 1.807) is 18.7 Å². The molecule has 2 atom stereocenters. The molecule has 2 amide bonds.